The number of nitrogens with one attached hydrogen (secondary N) is 1. The fourth-order valence-corrected chi connectivity index (χ4v) is 4.46. The molecule has 1 aromatic heterocycles. The Morgan fingerprint density at radius 3 is 2.42 bits per heavy atom. The molecule has 0 atom stereocenters. The lowest BCUT2D eigenvalue weighted by molar-refractivity contribution is 0.583. The molecule has 0 radical (unpaired) electrons. The van der Waals surface area contributed by atoms with E-state index in [2.05, 4.69) is 20.7 Å². The molecule has 1 N–H and O–H groups in total. The van der Waals surface area contributed by atoms with Crippen LogP contribution >= 0.6 is 27.3 Å². The summed E-state index contributed by atoms with van der Waals surface area (Å²) in [4.78, 5) is 0. The van der Waals surface area contributed by atoms with Crippen LogP contribution < -0.4 is 4.72 Å². The van der Waals surface area contributed by atoms with Crippen molar-refractivity contribution in [1.82, 2.24) is 4.72 Å². The van der Waals surface area contributed by atoms with Gasteiger partial charge in [-0.05, 0) is 45.8 Å². The molecule has 0 amide bonds. The molecule has 2 rings (SSSR count). The number of thiophene rings is 1. The van der Waals surface area contributed by atoms with Gasteiger partial charge in [0.2, 0.25) is 10.0 Å². The summed E-state index contributed by atoms with van der Waals surface area (Å²) in [6.45, 7) is 0.198. The Bertz CT molecular complexity index is 715. The van der Waals surface area contributed by atoms with Gasteiger partial charge in [-0.15, -0.1) is 11.3 Å². The molecule has 4 nitrogen and oxygen atoms in total. The molecular formula is C12H9BrN2O2S2. The Kier molecular flexibility index (Phi) is 4.37. The minimum atomic E-state index is -3.48. The lowest BCUT2D eigenvalue weighted by Gasteiger charge is -2.04. The average Bonchev–Trinajstić information content (AvgIpc) is 2.85. The zero-order valence-corrected chi connectivity index (χ0v) is 12.8. The summed E-state index contributed by atoms with van der Waals surface area (Å²) in [5.41, 5.74) is 1.35. The van der Waals surface area contributed by atoms with Crippen molar-refractivity contribution < 1.29 is 8.42 Å². The molecule has 0 bridgehead atoms. The van der Waals surface area contributed by atoms with Gasteiger partial charge in [0, 0.05) is 6.54 Å². The molecular weight excluding hydrogens is 348 g/mol. The first-order valence-corrected chi connectivity index (χ1v) is 8.34. The van der Waals surface area contributed by atoms with Crippen LogP contribution in [0.2, 0.25) is 0 Å². The highest BCUT2D eigenvalue weighted by Crippen LogP contribution is 2.25. The van der Waals surface area contributed by atoms with Crippen molar-refractivity contribution in [2.75, 3.05) is 0 Å². The number of rotatable bonds is 4. The smallest absolute Gasteiger partial charge is 0.206 e. The van der Waals surface area contributed by atoms with Crippen LogP contribution in [-0.2, 0) is 16.6 Å². The Morgan fingerprint density at radius 1 is 1.21 bits per heavy atom. The second kappa shape index (κ2) is 5.84. The van der Waals surface area contributed by atoms with Crippen molar-refractivity contribution >= 4 is 37.3 Å². The molecule has 1 heterocycles. The van der Waals surface area contributed by atoms with E-state index in [4.69, 9.17) is 5.26 Å². The third kappa shape index (κ3) is 3.64. The van der Waals surface area contributed by atoms with Crippen LogP contribution in [0.3, 0.4) is 0 Å². The van der Waals surface area contributed by atoms with E-state index in [1.165, 1.54) is 0 Å². The summed E-state index contributed by atoms with van der Waals surface area (Å²) in [5.74, 6) is 0. The second-order valence-electron chi connectivity index (χ2n) is 3.69. The number of sulfonamides is 1. The first-order chi connectivity index (χ1) is 9.01. The molecule has 0 aliphatic rings. The summed E-state index contributed by atoms with van der Waals surface area (Å²) in [6.07, 6.45) is 0. The Hall–Kier alpha value is -1.20. The van der Waals surface area contributed by atoms with E-state index in [1.807, 2.05) is 6.07 Å². The highest BCUT2D eigenvalue weighted by Gasteiger charge is 2.15. The van der Waals surface area contributed by atoms with Gasteiger partial charge in [-0.3, -0.25) is 0 Å². The van der Waals surface area contributed by atoms with Crippen LogP contribution in [0.4, 0.5) is 0 Å². The topological polar surface area (TPSA) is 70.0 Å². The summed E-state index contributed by atoms with van der Waals surface area (Å²) < 4.78 is 27.5. The molecule has 0 aliphatic heterocycles. The fraction of sp³-hybridized carbons (Fsp3) is 0.0833. The number of nitrogens with zero attached hydrogens (tertiary/aromatic N) is 1. The molecule has 98 valence electrons. The van der Waals surface area contributed by atoms with Crippen LogP contribution in [-0.4, -0.2) is 8.42 Å². The molecule has 2 aromatic rings. The standard InChI is InChI=1S/C12H9BrN2O2S2/c13-11-5-6-12(18-11)19(16,17)15-8-10-3-1-9(7-14)2-4-10/h1-6,15H,8H2. The highest BCUT2D eigenvalue weighted by molar-refractivity contribution is 9.11. The predicted octanol–water partition coefficient (Wildman–Crippen LogP) is 2.86. The summed E-state index contributed by atoms with van der Waals surface area (Å²) in [7, 11) is -3.48. The molecule has 0 spiro atoms. The second-order valence-corrected chi connectivity index (χ2v) is 8.15. The molecule has 1 aromatic carbocycles. The highest BCUT2D eigenvalue weighted by atomic mass is 79.9. The van der Waals surface area contributed by atoms with Crippen molar-refractivity contribution in [2.45, 2.75) is 10.8 Å². The van der Waals surface area contributed by atoms with Crippen molar-refractivity contribution in [3.63, 3.8) is 0 Å². The van der Waals surface area contributed by atoms with Gasteiger partial charge in [0.25, 0.3) is 0 Å². The monoisotopic (exact) mass is 356 g/mol. The lowest BCUT2D eigenvalue weighted by atomic mass is 10.1. The van der Waals surface area contributed by atoms with Gasteiger partial charge >= 0.3 is 0 Å². The molecule has 0 saturated carbocycles. The van der Waals surface area contributed by atoms with E-state index in [0.29, 0.717) is 5.56 Å². The summed E-state index contributed by atoms with van der Waals surface area (Å²) in [6, 6.07) is 12.0. The maximum absolute atomic E-state index is 12.0. The first-order valence-electron chi connectivity index (χ1n) is 5.25. The van der Waals surface area contributed by atoms with Crippen molar-refractivity contribution in [1.29, 1.82) is 5.26 Å². The van der Waals surface area contributed by atoms with E-state index >= 15 is 0 Å². The number of halogens is 1. The minimum absolute atomic E-state index is 0.198. The Labute approximate surface area is 123 Å². The normalized spacial score (nSPS) is 11.2. The van der Waals surface area contributed by atoms with Crippen molar-refractivity contribution in [3.8, 4) is 6.07 Å². The first kappa shape index (κ1) is 14.2. The fourth-order valence-electron chi connectivity index (χ4n) is 1.39. The quantitative estimate of drug-likeness (QED) is 0.915. The minimum Gasteiger partial charge on any atom is -0.206 e. The largest absolute Gasteiger partial charge is 0.250 e. The maximum atomic E-state index is 12.0. The van der Waals surface area contributed by atoms with Crippen molar-refractivity contribution in [3.05, 3.63) is 51.3 Å². The molecule has 0 unspecified atom stereocenters. The van der Waals surface area contributed by atoms with E-state index in [-0.39, 0.29) is 10.8 Å². The van der Waals surface area contributed by atoms with Crippen LogP contribution in [0.15, 0.2) is 44.4 Å². The van der Waals surface area contributed by atoms with Crippen LogP contribution in [0.25, 0.3) is 0 Å². The van der Waals surface area contributed by atoms with E-state index in [1.54, 1.807) is 36.4 Å². The zero-order chi connectivity index (χ0) is 13.9. The van der Waals surface area contributed by atoms with Gasteiger partial charge in [-0.25, -0.2) is 13.1 Å². The lowest BCUT2D eigenvalue weighted by Crippen LogP contribution is -2.22. The van der Waals surface area contributed by atoms with Crippen molar-refractivity contribution in [2.24, 2.45) is 0 Å². The van der Waals surface area contributed by atoms with Gasteiger partial charge in [-0.2, -0.15) is 5.26 Å². The predicted molar refractivity (Wildman–Crippen MR) is 77.2 cm³/mol. The number of hydrogen-bond acceptors (Lipinski definition) is 4. The SMILES string of the molecule is N#Cc1ccc(CNS(=O)(=O)c2ccc(Br)s2)cc1. The molecule has 19 heavy (non-hydrogen) atoms. The average molecular weight is 357 g/mol. The van der Waals surface area contributed by atoms with E-state index in [9.17, 15) is 8.42 Å². The number of benzene rings is 1. The van der Waals surface area contributed by atoms with Crippen LogP contribution in [0.5, 0.6) is 0 Å². The summed E-state index contributed by atoms with van der Waals surface area (Å²) in [5, 5.41) is 8.67. The third-order valence-electron chi connectivity index (χ3n) is 2.36. The van der Waals surface area contributed by atoms with Gasteiger partial charge in [0.1, 0.15) is 4.21 Å². The molecule has 7 heteroatoms. The van der Waals surface area contributed by atoms with Gasteiger partial charge in [-0.1, -0.05) is 12.1 Å². The Balaban J connectivity index is 2.07. The maximum Gasteiger partial charge on any atom is 0.250 e. The molecule has 0 saturated heterocycles. The zero-order valence-electron chi connectivity index (χ0n) is 9.63. The summed E-state index contributed by atoms with van der Waals surface area (Å²) >= 11 is 4.39. The molecule has 0 fully saturated rings. The molecule has 0 aliphatic carbocycles. The number of nitriles is 1. The van der Waals surface area contributed by atoms with Gasteiger partial charge in [0.15, 0.2) is 0 Å². The van der Waals surface area contributed by atoms with Gasteiger partial charge < -0.3 is 0 Å². The van der Waals surface area contributed by atoms with Crippen LogP contribution in [0, 0.1) is 11.3 Å². The Morgan fingerprint density at radius 2 is 1.89 bits per heavy atom. The van der Waals surface area contributed by atoms with Gasteiger partial charge in [0.05, 0.1) is 15.4 Å². The third-order valence-corrected chi connectivity index (χ3v) is 5.88. The van der Waals surface area contributed by atoms with Crippen LogP contribution in [0.1, 0.15) is 11.1 Å². The van der Waals surface area contributed by atoms with E-state index < -0.39 is 10.0 Å². The van der Waals surface area contributed by atoms with E-state index in [0.717, 1.165) is 20.7 Å². The number of hydrogen-bond donors (Lipinski definition) is 1.